The van der Waals surface area contributed by atoms with E-state index in [9.17, 15) is 10.1 Å². The highest BCUT2D eigenvalue weighted by Gasteiger charge is 2.02. The number of rotatable bonds is 4. The van der Waals surface area contributed by atoms with Crippen molar-refractivity contribution in [3.8, 4) is 0 Å². The molecule has 0 bridgehead atoms. The summed E-state index contributed by atoms with van der Waals surface area (Å²) in [6.07, 6.45) is 0. The molecule has 0 aliphatic carbocycles. The van der Waals surface area contributed by atoms with Gasteiger partial charge in [0.15, 0.2) is 6.61 Å². The quantitative estimate of drug-likeness (QED) is 0.525. The standard InChI is InChI=1S/C6H8N2O4/c7-3-5-1-2-6(12-5)4-11-8(9)10/h1-2H,3-4,7H2. The first-order valence-electron chi connectivity index (χ1n) is 3.27. The summed E-state index contributed by atoms with van der Waals surface area (Å²) in [6, 6.07) is 3.24. The summed E-state index contributed by atoms with van der Waals surface area (Å²) in [7, 11) is 0. The van der Waals surface area contributed by atoms with Crippen LogP contribution in [0.25, 0.3) is 0 Å². The van der Waals surface area contributed by atoms with Crippen molar-refractivity contribution in [3.63, 3.8) is 0 Å². The molecule has 1 heterocycles. The summed E-state index contributed by atoms with van der Waals surface area (Å²) in [5.74, 6) is 0.976. The zero-order valence-corrected chi connectivity index (χ0v) is 6.23. The molecule has 0 saturated heterocycles. The van der Waals surface area contributed by atoms with Crippen molar-refractivity contribution >= 4 is 0 Å². The average Bonchev–Trinajstić information content (AvgIpc) is 2.48. The van der Waals surface area contributed by atoms with Crippen LogP contribution in [-0.2, 0) is 18.0 Å². The number of hydrogen-bond acceptors (Lipinski definition) is 5. The van der Waals surface area contributed by atoms with Crippen molar-refractivity contribution in [2.24, 2.45) is 5.73 Å². The van der Waals surface area contributed by atoms with E-state index in [2.05, 4.69) is 4.84 Å². The molecule has 2 N–H and O–H groups in total. The highest BCUT2D eigenvalue weighted by Crippen LogP contribution is 2.07. The first-order chi connectivity index (χ1) is 5.72. The van der Waals surface area contributed by atoms with Crippen LogP contribution in [0, 0.1) is 10.1 Å². The van der Waals surface area contributed by atoms with Gasteiger partial charge in [0.2, 0.25) is 0 Å². The molecule has 0 fully saturated rings. The molecule has 0 saturated carbocycles. The Bertz CT molecular complexity index is 270. The van der Waals surface area contributed by atoms with Crippen LogP contribution in [0.4, 0.5) is 0 Å². The maximum Gasteiger partial charge on any atom is 0.294 e. The summed E-state index contributed by atoms with van der Waals surface area (Å²) in [4.78, 5) is 13.8. The number of nitrogens with two attached hydrogens (primary N) is 1. The van der Waals surface area contributed by atoms with Gasteiger partial charge >= 0.3 is 0 Å². The first-order valence-corrected chi connectivity index (χ1v) is 3.27. The lowest BCUT2D eigenvalue weighted by Gasteiger charge is -1.93. The highest BCUT2D eigenvalue weighted by atomic mass is 16.9. The van der Waals surface area contributed by atoms with E-state index >= 15 is 0 Å². The average molecular weight is 172 g/mol. The highest BCUT2D eigenvalue weighted by molar-refractivity contribution is 5.05. The molecule has 66 valence electrons. The molecule has 0 unspecified atom stereocenters. The molecule has 0 aliphatic heterocycles. The van der Waals surface area contributed by atoms with E-state index in [1.54, 1.807) is 12.1 Å². The third-order valence-electron chi connectivity index (χ3n) is 1.23. The fourth-order valence-electron chi connectivity index (χ4n) is 0.726. The summed E-state index contributed by atoms with van der Waals surface area (Å²) in [5, 5.41) is 8.90. The van der Waals surface area contributed by atoms with Crippen LogP contribution in [0.1, 0.15) is 11.5 Å². The summed E-state index contributed by atoms with van der Waals surface area (Å²) < 4.78 is 5.03. The Morgan fingerprint density at radius 3 is 2.75 bits per heavy atom. The second-order valence-electron chi connectivity index (χ2n) is 2.07. The van der Waals surface area contributed by atoms with Gasteiger partial charge in [-0.2, -0.15) is 0 Å². The Morgan fingerprint density at radius 2 is 2.25 bits per heavy atom. The third kappa shape index (κ3) is 2.24. The predicted molar refractivity (Wildman–Crippen MR) is 38.4 cm³/mol. The summed E-state index contributed by atoms with van der Waals surface area (Å²) in [6.45, 7) is 0.103. The van der Waals surface area contributed by atoms with Crippen molar-refractivity contribution in [3.05, 3.63) is 33.8 Å². The van der Waals surface area contributed by atoms with Crippen molar-refractivity contribution in [1.82, 2.24) is 0 Å². The Morgan fingerprint density at radius 1 is 1.58 bits per heavy atom. The molecule has 0 aliphatic rings. The number of hydrogen-bond donors (Lipinski definition) is 1. The van der Waals surface area contributed by atoms with Gasteiger partial charge in [0.25, 0.3) is 5.09 Å². The van der Waals surface area contributed by atoms with Crippen LogP contribution >= 0.6 is 0 Å². The van der Waals surface area contributed by atoms with E-state index in [1.165, 1.54) is 0 Å². The lowest BCUT2D eigenvalue weighted by Crippen LogP contribution is -1.99. The van der Waals surface area contributed by atoms with Gasteiger partial charge in [0.1, 0.15) is 11.5 Å². The van der Waals surface area contributed by atoms with Gasteiger partial charge in [-0.3, -0.25) is 0 Å². The fourth-order valence-corrected chi connectivity index (χ4v) is 0.726. The predicted octanol–water partition coefficient (Wildman–Crippen LogP) is 0.447. The van der Waals surface area contributed by atoms with Crippen molar-refractivity contribution in [2.75, 3.05) is 0 Å². The zero-order valence-electron chi connectivity index (χ0n) is 6.23. The van der Waals surface area contributed by atoms with E-state index in [0.717, 1.165) is 0 Å². The maximum atomic E-state index is 9.77. The lowest BCUT2D eigenvalue weighted by atomic mass is 10.4. The Hall–Kier alpha value is -1.56. The van der Waals surface area contributed by atoms with E-state index in [1.807, 2.05) is 0 Å². The fraction of sp³-hybridized carbons (Fsp3) is 0.333. The minimum atomic E-state index is -0.870. The van der Waals surface area contributed by atoms with Crippen molar-refractivity contribution in [1.29, 1.82) is 0 Å². The zero-order chi connectivity index (χ0) is 8.97. The molecular weight excluding hydrogens is 164 g/mol. The van der Waals surface area contributed by atoms with E-state index < -0.39 is 5.09 Å². The largest absolute Gasteiger partial charge is 0.463 e. The van der Waals surface area contributed by atoms with Gasteiger partial charge in [-0.05, 0) is 12.1 Å². The van der Waals surface area contributed by atoms with Gasteiger partial charge in [-0.1, -0.05) is 0 Å². The molecule has 0 spiro atoms. The minimum absolute atomic E-state index is 0.174. The Balaban J connectivity index is 2.47. The molecule has 0 aromatic carbocycles. The second kappa shape index (κ2) is 3.72. The smallest absolute Gasteiger partial charge is 0.294 e. The Labute approximate surface area is 68.0 Å². The van der Waals surface area contributed by atoms with Gasteiger partial charge < -0.3 is 15.0 Å². The lowest BCUT2D eigenvalue weighted by molar-refractivity contribution is -0.763. The normalized spacial score (nSPS) is 9.75. The van der Waals surface area contributed by atoms with Crippen molar-refractivity contribution < 1.29 is 14.3 Å². The number of furan rings is 1. The SMILES string of the molecule is NCc1ccc(CO[N+](=O)[O-])o1. The van der Waals surface area contributed by atoms with Gasteiger partial charge in [-0.25, -0.2) is 0 Å². The van der Waals surface area contributed by atoms with Crippen LogP contribution in [0.2, 0.25) is 0 Å². The van der Waals surface area contributed by atoms with Crippen LogP contribution in [0.5, 0.6) is 0 Å². The van der Waals surface area contributed by atoms with Gasteiger partial charge in [-0.15, -0.1) is 10.1 Å². The van der Waals surface area contributed by atoms with E-state index in [-0.39, 0.29) is 13.2 Å². The molecule has 0 atom stereocenters. The molecule has 6 heteroatoms. The summed E-state index contributed by atoms with van der Waals surface area (Å²) >= 11 is 0. The molecule has 6 nitrogen and oxygen atoms in total. The molecule has 12 heavy (non-hydrogen) atoms. The van der Waals surface area contributed by atoms with E-state index in [0.29, 0.717) is 11.5 Å². The topological polar surface area (TPSA) is 91.5 Å². The monoisotopic (exact) mass is 172 g/mol. The molecule has 1 aromatic rings. The molecule has 0 amide bonds. The second-order valence-corrected chi connectivity index (χ2v) is 2.07. The van der Waals surface area contributed by atoms with E-state index in [4.69, 9.17) is 10.2 Å². The maximum absolute atomic E-state index is 9.77. The van der Waals surface area contributed by atoms with Gasteiger partial charge in [0, 0.05) is 0 Å². The van der Waals surface area contributed by atoms with Crippen LogP contribution in [0.3, 0.4) is 0 Å². The molecule has 0 radical (unpaired) electrons. The van der Waals surface area contributed by atoms with Crippen LogP contribution in [0.15, 0.2) is 16.5 Å². The molecule has 1 aromatic heterocycles. The first kappa shape index (κ1) is 8.54. The van der Waals surface area contributed by atoms with Gasteiger partial charge in [0.05, 0.1) is 6.54 Å². The summed E-state index contributed by atoms with van der Waals surface area (Å²) in [5.41, 5.74) is 5.25. The van der Waals surface area contributed by atoms with Crippen molar-refractivity contribution in [2.45, 2.75) is 13.2 Å². The Kier molecular flexibility index (Phi) is 2.65. The number of nitrogens with zero attached hydrogens (tertiary/aromatic N) is 1. The molecule has 1 rings (SSSR count). The van der Waals surface area contributed by atoms with Crippen LogP contribution in [-0.4, -0.2) is 5.09 Å². The molecular formula is C6H8N2O4. The van der Waals surface area contributed by atoms with Crippen LogP contribution < -0.4 is 5.73 Å². The third-order valence-corrected chi connectivity index (χ3v) is 1.23. The minimum Gasteiger partial charge on any atom is -0.463 e.